The van der Waals surface area contributed by atoms with Crippen molar-refractivity contribution in [2.24, 2.45) is 0 Å². The molecule has 3 atom stereocenters. The minimum Gasteiger partial charge on any atom is -0.348 e. The van der Waals surface area contributed by atoms with E-state index in [2.05, 4.69) is 17.6 Å². The molecule has 1 aromatic rings. The lowest BCUT2D eigenvalue weighted by Crippen LogP contribution is -3.15. The maximum absolute atomic E-state index is 12.6. The predicted molar refractivity (Wildman–Crippen MR) is 94.6 cm³/mol. The Morgan fingerprint density at radius 2 is 1.92 bits per heavy atom. The zero-order chi connectivity index (χ0) is 17.5. The van der Waals surface area contributed by atoms with Gasteiger partial charge in [0.25, 0.3) is 11.8 Å². The molecule has 1 unspecified atom stereocenters. The van der Waals surface area contributed by atoms with Crippen LogP contribution in [0.5, 0.6) is 0 Å². The topological polar surface area (TPSA) is 62.6 Å². The Morgan fingerprint density at radius 1 is 1.25 bits per heavy atom. The molecule has 0 spiro atoms. The van der Waals surface area contributed by atoms with Crippen LogP contribution in [0.3, 0.4) is 0 Å². The largest absolute Gasteiger partial charge is 0.348 e. The van der Waals surface area contributed by atoms with Crippen LogP contribution in [0.4, 0.5) is 0 Å². The van der Waals surface area contributed by atoms with E-state index < -0.39 is 0 Å². The monoisotopic (exact) mass is 332 g/mol. The number of amides is 2. The highest BCUT2D eigenvalue weighted by Gasteiger charge is 2.28. The molecule has 132 valence electrons. The molecule has 0 saturated heterocycles. The second-order valence-corrected chi connectivity index (χ2v) is 6.85. The zero-order valence-corrected chi connectivity index (χ0v) is 15.0. The molecular weight excluding hydrogens is 302 g/mol. The summed E-state index contributed by atoms with van der Waals surface area (Å²) in [5.74, 6) is 0.0249. The maximum Gasteiger partial charge on any atom is 0.278 e. The number of likely N-dealkylation sites (N-methyl/N-ethyl adjacent to an activating group) is 1. The zero-order valence-electron chi connectivity index (χ0n) is 15.0. The highest BCUT2D eigenvalue weighted by Crippen LogP contribution is 2.18. The quantitative estimate of drug-likeness (QED) is 0.627. The van der Waals surface area contributed by atoms with E-state index in [1.807, 2.05) is 44.3 Å². The third-order valence-corrected chi connectivity index (χ3v) is 4.61. The van der Waals surface area contributed by atoms with Gasteiger partial charge in [0.2, 0.25) is 0 Å². The minimum absolute atomic E-state index is 0.00553. The van der Waals surface area contributed by atoms with Gasteiger partial charge in [0, 0.05) is 6.04 Å². The van der Waals surface area contributed by atoms with Gasteiger partial charge < -0.3 is 15.5 Å². The number of nitrogens with one attached hydrogen (secondary N) is 3. The first-order chi connectivity index (χ1) is 11.5. The van der Waals surface area contributed by atoms with Crippen molar-refractivity contribution in [3.63, 3.8) is 0 Å². The number of rotatable bonds is 9. The van der Waals surface area contributed by atoms with Crippen LogP contribution in [0, 0.1) is 0 Å². The van der Waals surface area contributed by atoms with E-state index in [0.717, 1.165) is 36.1 Å². The van der Waals surface area contributed by atoms with E-state index in [9.17, 15) is 9.59 Å². The second-order valence-electron chi connectivity index (χ2n) is 6.85. The summed E-state index contributed by atoms with van der Waals surface area (Å²) in [6, 6.07) is 10.2. The molecule has 5 heteroatoms. The molecule has 1 aliphatic rings. The predicted octanol–water partition coefficient (Wildman–Crippen LogP) is 0.826. The summed E-state index contributed by atoms with van der Waals surface area (Å²) in [6.45, 7) is 4.32. The van der Waals surface area contributed by atoms with Gasteiger partial charge in [0.1, 0.15) is 0 Å². The molecule has 3 N–H and O–H groups in total. The first kappa shape index (κ1) is 18.5. The molecule has 1 saturated carbocycles. The summed E-state index contributed by atoms with van der Waals surface area (Å²) in [7, 11) is 1.90. The van der Waals surface area contributed by atoms with Crippen molar-refractivity contribution >= 4 is 11.8 Å². The molecule has 0 aliphatic heterocycles. The smallest absolute Gasteiger partial charge is 0.278 e. The average molecular weight is 332 g/mol. The number of quaternary nitrogens is 1. The summed E-state index contributed by atoms with van der Waals surface area (Å²) in [5, 5.41) is 6.12. The molecule has 2 rings (SSSR count). The van der Waals surface area contributed by atoms with Crippen LogP contribution >= 0.6 is 0 Å². The molecule has 0 aromatic heterocycles. The summed E-state index contributed by atoms with van der Waals surface area (Å²) in [5.41, 5.74) is 1.13. The molecular formula is C19H30N3O2+. The van der Waals surface area contributed by atoms with Gasteiger partial charge >= 0.3 is 0 Å². The van der Waals surface area contributed by atoms with Crippen molar-refractivity contribution in [3.8, 4) is 0 Å². The Bertz CT molecular complexity index is 543. The summed E-state index contributed by atoms with van der Waals surface area (Å²) < 4.78 is 0. The lowest BCUT2D eigenvalue weighted by atomic mass is 10.0. The van der Waals surface area contributed by atoms with Crippen LogP contribution in [0.25, 0.3) is 0 Å². The number of benzene rings is 1. The van der Waals surface area contributed by atoms with Gasteiger partial charge in [-0.25, -0.2) is 0 Å². The van der Waals surface area contributed by atoms with Crippen LogP contribution in [-0.2, 0) is 9.59 Å². The van der Waals surface area contributed by atoms with Crippen molar-refractivity contribution in [2.45, 2.75) is 57.7 Å². The fourth-order valence-corrected chi connectivity index (χ4v) is 2.73. The van der Waals surface area contributed by atoms with Crippen LogP contribution in [0.2, 0.25) is 0 Å². The summed E-state index contributed by atoms with van der Waals surface area (Å²) in [6.07, 6.45) is 4.07. The van der Waals surface area contributed by atoms with Crippen molar-refractivity contribution in [1.82, 2.24) is 10.6 Å². The van der Waals surface area contributed by atoms with E-state index in [4.69, 9.17) is 0 Å². The molecule has 2 amide bonds. The lowest BCUT2D eigenvalue weighted by molar-refractivity contribution is -0.886. The molecule has 0 heterocycles. The first-order valence-electron chi connectivity index (χ1n) is 8.98. The molecule has 1 fully saturated rings. The van der Waals surface area contributed by atoms with Gasteiger partial charge in [-0.15, -0.1) is 0 Å². The minimum atomic E-state index is -0.266. The fourth-order valence-electron chi connectivity index (χ4n) is 2.73. The average Bonchev–Trinajstić information content (AvgIpc) is 3.38. The van der Waals surface area contributed by atoms with Crippen LogP contribution < -0.4 is 15.5 Å². The third kappa shape index (κ3) is 5.64. The number of hydrogen-bond donors (Lipinski definition) is 3. The normalized spacial score (nSPS) is 17.6. The van der Waals surface area contributed by atoms with Gasteiger partial charge in [-0.2, -0.15) is 0 Å². The second kappa shape index (κ2) is 8.83. The van der Waals surface area contributed by atoms with Crippen LogP contribution in [0.15, 0.2) is 30.3 Å². The molecule has 1 aromatic carbocycles. The highest BCUT2D eigenvalue weighted by atomic mass is 16.2. The molecule has 1 aliphatic carbocycles. The Balaban J connectivity index is 1.88. The van der Waals surface area contributed by atoms with Crippen molar-refractivity contribution in [2.75, 3.05) is 13.6 Å². The molecule has 24 heavy (non-hydrogen) atoms. The number of carbonyl (C=O) groups is 2. The number of hydrogen-bond acceptors (Lipinski definition) is 2. The van der Waals surface area contributed by atoms with Crippen molar-refractivity contribution < 1.29 is 14.5 Å². The van der Waals surface area contributed by atoms with Gasteiger partial charge in [-0.1, -0.05) is 43.7 Å². The molecule has 0 radical (unpaired) electrons. The Morgan fingerprint density at radius 3 is 2.50 bits per heavy atom. The maximum atomic E-state index is 12.6. The van der Waals surface area contributed by atoms with Gasteiger partial charge in [-0.3, -0.25) is 9.59 Å². The van der Waals surface area contributed by atoms with Crippen LogP contribution in [0.1, 0.15) is 51.1 Å². The van der Waals surface area contributed by atoms with E-state index in [1.165, 1.54) is 0 Å². The van der Waals surface area contributed by atoms with E-state index in [0.29, 0.717) is 12.6 Å². The van der Waals surface area contributed by atoms with Crippen molar-refractivity contribution in [1.29, 1.82) is 0 Å². The highest BCUT2D eigenvalue weighted by molar-refractivity contribution is 5.81. The summed E-state index contributed by atoms with van der Waals surface area (Å²) >= 11 is 0. The summed E-state index contributed by atoms with van der Waals surface area (Å²) in [4.78, 5) is 25.4. The van der Waals surface area contributed by atoms with E-state index >= 15 is 0 Å². The van der Waals surface area contributed by atoms with E-state index in [-0.39, 0.29) is 23.9 Å². The Hall–Kier alpha value is -1.88. The Kier molecular flexibility index (Phi) is 6.79. The van der Waals surface area contributed by atoms with Crippen molar-refractivity contribution in [3.05, 3.63) is 35.9 Å². The van der Waals surface area contributed by atoms with Crippen LogP contribution in [-0.4, -0.2) is 37.5 Å². The fraction of sp³-hybridized carbons (Fsp3) is 0.579. The van der Waals surface area contributed by atoms with Gasteiger partial charge in [0.15, 0.2) is 12.6 Å². The molecule has 0 bridgehead atoms. The Labute approximate surface area is 144 Å². The SMILES string of the molecule is CCC[C@@H](NC(=O)[C@H](C)[NH+](C)CC(=O)NC1CC1)c1ccccc1. The van der Waals surface area contributed by atoms with E-state index in [1.54, 1.807) is 0 Å². The first-order valence-corrected chi connectivity index (χ1v) is 8.98. The molecule has 5 nitrogen and oxygen atoms in total. The van der Waals surface area contributed by atoms with Gasteiger partial charge in [0.05, 0.1) is 13.1 Å². The standard InChI is InChI=1S/C19H29N3O2/c1-4-8-17(15-9-6-5-7-10-15)21-19(24)14(2)22(3)13-18(23)20-16-11-12-16/h5-7,9-10,14,16-17H,4,8,11-13H2,1-3H3,(H,20,23)(H,21,24)/p+1/t14-,17+/m0/s1. The lowest BCUT2D eigenvalue weighted by Gasteiger charge is -2.24. The third-order valence-electron chi connectivity index (χ3n) is 4.61. The van der Waals surface area contributed by atoms with Gasteiger partial charge in [-0.05, 0) is 31.7 Å². The number of carbonyl (C=O) groups excluding carboxylic acids is 2.